The van der Waals surface area contributed by atoms with Crippen molar-refractivity contribution in [1.82, 2.24) is 5.32 Å². The van der Waals surface area contributed by atoms with Crippen LogP contribution in [0.2, 0.25) is 0 Å². The molecule has 48 valence electrons. The average Bonchev–Trinajstić information content (AvgIpc) is 1.90. The lowest BCUT2D eigenvalue weighted by Gasteiger charge is -2.10. The fourth-order valence-electron chi connectivity index (χ4n) is 0.698. The molecule has 0 fully saturated rings. The predicted molar refractivity (Wildman–Crippen MR) is 35.9 cm³/mol. The summed E-state index contributed by atoms with van der Waals surface area (Å²) in [4.78, 5) is 10.7. The molecule has 1 aliphatic rings. The highest BCUT2D eigenvalue weighted by atomic mass is 16.1. The van der Waals surface area contributed by atoms with Gasteiger partial charge in [0.25, 0.3) is 0 Å². The molecule has 1 aliphatic heterocycles. The molecule has 1 heterocycles. The highest BCUT2D eigenvalue weighted by Crippen LogP contribution is 1.94. The van der Waals surface area contributed by atoms with Gasteiger partial charge in [-0.3, -0.25) is 4.79 Å². The van der Waals surface area contributed by atoms with Crippen LogP contribution < -0.4 is 5.32 Å². The minimum atomic E-state index is -0.102. The molecular weight excluding hydrogens is 114 g/mol. The topological polar surface area (TPSA) is 29.1 Å². The van der Waals surface area contributed by atoms with Crippen molar-refractivity contribution in [2.24, 2.45) is 0 Å². The van der Waals surface area contributed by atoms with E-state index in [2.05, 4.69) is 5.32 Å². The van der Waals surface area contributed by atoms with Gasteiger partial charge in [-0.2, -0.15) is 0 Å². The number of nitrogens with one attached hydrogen (secondary N) is 1. The van der Waals surface area contributed by atoms with E-state index < -0.39 is 0 Å². The molecule has 0 radical (unpaired) electrons. The molecule has 0 aliphatic carbocycles. The maximum atomic E-state index is 10.7. The molecule has 2 heteroatoms. The molecule has 0 saturated heterocycles. The first-order chi connectivity index (χ1) is 4.30. The third-order valence-corrected chi connectivity index (χ3v) is 1.22. The van der Waals surface area contributed by atoms with Crippen molar-refractivity contribution in [3.8, 4) is 0 Å². The van der Waals surface area contributed by atoms with E-state index in [-0.39, 0.29) is 11.8 Å². The Kier molecular flexibility index (Phi) is 1.68. The normalized spacial score (nSPS) is 23.4. The molecule has 1 rings (SSSR count). The Morgan fingerprint density at radius 2 is 2.33 bits per heavy atom. The number of ketones is 1. The van der Waals surface area contributed by atoms with E-state index >= 15 is 0 Å². The second-order valence-electron chi connectivity index (χ2n) is 2.00. The number of dihydropyridines is 1. The highest BCUT2D eigenvalue weighted by molar-refractivity contribution is 5.83. The zero-order valence-corrected chi connectivity index (χ0v) is 5.29. The van der Waals surface area contributed by atoms with Gasteiger partial charge in [0.05, 0.1) is 0 Å². The van der Waals surface area contributed by atoms with Crippen LogP contribution in [0.25, 0.3) is 0 Å². The SMILES string of the molecule is CC(=O)[C@H]1C=CC=CN1. The lowest BCUT2D eigenvalue weighted by atomic mass is 10.1. The zero-order valence-electron chi connectivity index (χ0n) is 5.29. The molecule has 2 nitrogen and oxygen atoms in total. The van der Waals surface area contributed by atoms with Crippen LogP contribution in [-0.2, 0) is 4.79 Å². The van der Waals surface area contributed by atoms with E-state index in [1.54, 1.807) is 13.1 Å². The van der Waals surface area contributed by atoms with Crippen molar-refractivity contribution in [2.45, 2.75) is 13.0 Å². The summed E-state index contributed by atoms with van der Waals surface area (Å²) in [7, 11) is 0. The molecule has 0 amide bonds. The number of hydrogen-bond donors (Lipinski definition) is 1. The number of carbonyl (C=O) groups is 1. The summed E-state index contributed by atoms with van der Waals surface area (Å²) in [6.45, 7) is 1.57. The van der Waals surface area contributed by atoms with Gasteiger partial charge in [0.1, 0.15) is 6.04 Å². The van der Waals surface area contributed by atoms with Crippen molar-refractivity contribution >= 4 is 5.78 Å². The van der Waals surface area contributed by atoms with Crippen LogP contribution in [0.3, 0.4) is 0 Å². The van der Waals surface area contributed by atoms with E-state index in [4.69, 9.17) is 0 Å². The van der Waals surface area contributed by atoms with Crippen molar-refractivity contribution in [2.75, 3.05) is 0 Å². The second kappa shape index (κ2) is 2.49. The second-order valence-corrected chi connectivity index (χ2v) is 2.00. The van der Waals surface area contributed by atoms with Gasteiger partial charge in [-0.1, -0.05) is 12.2 Å². The van der Waals surface area contributed by atoms with Gasteiger partial charge in [0, 0.05) is 0 Å². The van der Waals surface area contributed by atoms with Gasteiger partial charge in [0.2, 0.25) is 0 Å². The summed E-state index contributed by atoms with van der Waals surface area (Å²) < 4.78 is 0. The Morgan fingerprint density at radius 3 is 2.67 bits per heavy atom. The Labute approximate surface area is 54.3 Å². The molecule has 0 spiro atoms. The molecule has 0 aromatic heterocycles. The first-order valence-corrected chi connectivity index (χ1v) is 2.90. The molecule has 0 aromatic carbocycles. The van der Waals surface area contributed by atoms with Crippen LogP contribution >= 0.6 is 0 Å². The lowest BCUT2D eigenvalue weighted by Crippen LogP contribution is -2.30. The third kappa shape index (κ3) is 1.42. The largest absolute Gasteiger partial charge is 0.378 e. The Balaban J connectivity index is 2.56. The van der Waals surface area contributed by atoms with Gasteiger partial charge >= 0.3 is 0 Å². The van der Waals surface area contributed by atoms with Crippen LogP contribution in [0.15, 0.2) is 24.4 Å². The van der Waals surface area contributed by atoms with Crippen molar-refractivity contribution in [1.29, 1.82) is 0 Å². The number of allylic oxidation sites excluding steroid dienone is 2. The van der Waals surface area contributed by atoms with Gasteiger partial charge in [-0.25, -0.2) is 0 Å². The van der Waals surface area contributed by atoms with E-state index in [0.29, 0.717) is 0 Å². The molecule has 0 aromatic rings. The number of Topliss-reactive ketones (excluding diaryl/α,β-unsaturated/α-hetero) is 1. The summed E-state index contributed by atoms with van der Waals surface area (Å²) in [5.74, 6) is 0.149. The van der Waals surface area contributed by atoms with Crippen molar-refractivity contribution in [3.63, 3.8) is 0 Å². The van der Waals surface area contributed by atoms with Crippen LogP contribution in [0.5, 0.6) is 0 Å². The summed E-state index contributed by atoms with van der Waals surface area (Å²) in [5.41, 5.74) is 0. The summed E-state index contributed by atoms with van der Waals surface area (Å²) in [6.07, 6.45) is 7.33. The fraction of sp³-hybridized carbons (Fsp3) is 0.286. The first-order valence-electron chi connectivity index (χ1n) is 2.90. The summed E-state index contributed by atoms with van der Waals surface area (Å²) >= 11 is 0. The molecular formula is C7H9NO. The monoisotopic (exact) mass is 123 g/mol. The number of rotatable bonds is 1. The summed E-state index contributed by atoms with van der Waals surface area (Å²) in [6, 6.07) is -0.102. The predicted octanol–water partition coefficient (Wildman–Crippen LogP) is 0.617. The molecule has 0 unspecified atom stereocenters. The first kappa shape index (κ1) is 6.08. The Morgan fingerprint density at radius 1 is 1.56 bits per heavy atom. The van der Waals surface area contributed by atoms with E-state index in [1.165, 1.54) is 0 Å². The molecule has 1 atom stereocenters. The van der Waals surface area contributed by atoms with E-state index in [9.17, 15) is 4.79 Å². The fourth-order valence-corrected chi connectivity index (χ4v) is 0.698. The highest BCUT2D eigenvalue weighted by Gasteiger charge is 2.07. The Bertz CT molecular complexity index is 170. The minimum absolute atomic E-state index is 0.102. The van der Waals surface area contributed by atoms with Crippen LogP contribution in [0.1, 0.15) is 6.92 Å². The average molecular weight is 123 g/mol. The third-order valence-electron chi connectivity index (χ3n) is 1.22. The van der Waals surface area contributed by atoms with Crippen LogP contribution in [0, 0.1) is 0 Å². The quantitative estimate of drug-likeness (QED) is 0.553. The smallest absolute Gasteiger partial charge is 0.155 e. The number of carbonyl (C=O) groups excluding carboxylic acids is 1. The number of hydrogen-bond acceptors (Lipinski definition) is 2. The standard InChI is InChI=1S/C7H9NO/c1-6(9)7-4-2-3-5-8-7/h2-5,7-8H,1H3/t7-/m1/s1. The lowest BCUT2D eigenvalue weighted by molar-refractivity contribution is -0.117. The van der Waals surface area contributed by atoms with Crippen molar-refractivity contribution < 1.29 is 4.79 Å². The maximum Gasteiger partial charge on any atom is 0.155 e. The van der Waals surface area contributed by atoms with Crippen molar-refractivity contribution in [3.05, 3.63) is 24.4 Å². The maximum absolute atomic E-state index is 10.7. The zero-order chi connectivity index (χ0) is 6.69. The minimum Gasteiger partial charge on any atom is -0.378 e. The van der Waals surface area contributed by atoms with Crippen LogP contribution in [0.4, 0.5) is 0 Å². The van der Waals surface area contributed by atoms with Gasteiger partial charge in [-0.15, -0.1) is 0 Å². The van der Waals surface area contributed by atoms with Gasteiger partial charge in [0.15, 0.2) is 5.78 Å². The molecule has 9 heavy (non-hydrogen) atoms. The summed E-state index contributed by atoms with van der Waals surface area (Å²) in [5, 5.41) is 2.90. The molecule has 1 N–H and O–H groups in total. The van der Waals surface area contributed by atoms with E-state index in [0.717, 1.165) is 0 Å². The van der Waals surface area contributed by atoms with Gasteiger partial charge < -0.3 is 5.32 Å². The van der Waals surface area contributed by atoms with Crippen LogP contribution in [-0.4, -0.2) is 11.8 Å². The van der Waals surface area contributed by atoms with Gasteiger partial charge in [-0.05, 0) is 19.2 Å². The molecule has 0 saturated carbocycles. The van der Waals surface area contributed by atoms with E-state index in [1.807, 2.05) is 18.2 Å². The molecule has 0 bridgehead atoms. The Hall–Kier alpha value is -1.05.